The van der Waals surface area contributed by atoms with Crippen molar-refractivity contribution >= 4 is 17.5 Å². The van der Waals surface area contributed by atoms with Crippen molar-refractivity contribution in [1.82, 2.24) is 4.90 Å². The minimum absolute atomic E-state index is 0.166. The molecule has 1 saturated heterocycles. The second kappa shape index (κ2) is 6.33. The number of nitrogens with zero attached hydrogens (tertiary/aromatic N) is 2. The lowest BCUT2D eigenvalue weighted by atomic mass is 10.1. The third-order valence-corrected chi connectivity index (χ3v) is 4.66. The van der Waals surface area contributed by atoms with Gasteiger partial charge in [-0.25, -0.2) is 4.39 Å². The van der Waals surface area contributed by atoms with Gasteiger partial charge in [0.25, 0.3) is 5.91 Å². The lowest BCUT2D eigenvalue weighted by molar-refractivity contribution is -0.124. The van der Waals surface area contributed by atoms with Crippen molar-refractivity contribution in [2.75, 3.05) is 24.8 Å². The number of ether oxygens (including phenoxy) is 2. The van der Waals surface area contributed by atoms with Crippen LogP contribution in [0.25, 0.3) is 0 Å². The van der Waals surface area contributed by atoms with Gasteiger partial charge in [-0.3, -0.25) is 9.59 Å². The van der Waals surface area contributed by atoms with Crippen molar-refractivity contribution in [2.45, 2.75) is 13.0 Å². The summed E-state index contributed by atoms with van der Waals surface area (Å²) in [5, 5.41) is 0. The van der Waals surface area contributed by atoms with Gasteiger partial charge in [0, 0.05) is 30.4 Å². The first-order valence-electron chi connectivity index (χ1n) is 8.32. The summed E-state index contributed by atoms with van der Waals surface area (Å²) < 4.78 is 24.0. The largest absolute Gasteiger partial charge is 0.454 e. The van der Waals surface area contributed by atoms with Gasteiger partial charge in [-0.1, -0.05) is 6.07 Å². The third-order valence-electron chi connectivity index (χ3n) is 4.66. The summed E-state index contributed by atoms with van der Waals surface area (Å²) in [5.41, 5.74) is 0.935. The molecule has 1 atom stereocenters. The van der Waals surface area contributed by atoms with Crippen LogP contribution in [0, 0.1) is 5.82 Å². The fourth-order valence-corrected chi connectivity index (χ4v) is 3.24. The van der Waals surface area contributed by atoms with E-state index in [9.17, 15) is 14.0 Å². The maximum absolute atomic E-state index is 13.4. The zero-order valence-corrected chi connectivity index (χ0v) is 14.1. The summed E-state index contributed by atoms with van der Waals surface area (Å²) in [7, 11) is 0. The maximum atomic E-state index is 13.4. The van der Waals surface area contributed by atoms with Gasteiger partial charge in [-0.2, -0.15) is 0 Å². The van der Waals surface area contributed by atoms with E-state index < -0.39 is 11.9 Å². The highest BCUT2D eigenvalue weighted by atomic mass is 19.1. The molecule has 4 rings (SSSR count). The number of halogens is 1. The fraction of sp³-hybridized carbons (Fsp3) is 0.263. The molecular weight excluding hydrogens is 339 g/mol. The highest BCUT2D eigenvalue weighted by Crippen LogP contribution is 2.36. The first-order chi connectivity index (χ1) is 12.5. The molecule has 2 aliphatic rings. The van der Waals surface area contributed by atoms with Gasteiger partial charge in [0.15, 0.2) is 11.5 Å². The first kappa shape index (κ1) is 16.4. The Labute approximate surface area is 149 Å². The average molecular weight is 356 g/mol. The van der Waals surface area contributed by atoms with E-state index in [-0.39, 0.29) is 24.2 Å². The van der Waals surface area contributed by atoms with Crippen molar-refractivity contribution in [3.8, 4) is 11.5 Å². The Bertz CT molecular complexity index is 886. The second-order valence-electron chi connectivity index (χ2n) is 6.21. The van der Waals surface area contributed by atoms with Crippen LogP contribution in [-0.2, 0) is 4.79 Å². The molecule has 2 aromatic rings. The fourth-order valence-electron chi connectivity index (χ4n) is 3.24. The maximum Gasteiger partial charge on any atom is 0.254 e. The van der Waals surface area contributed by atoms with Crippen LogP contribution in [0.2, 0.25) is 0 Å². The molecule has 1 fully saturated rings. The molecule has 0 N–H and O–H groups in total. The first-order valence-corrected chi connectivity index (χ1v) is 8.32. The molecule has 2 amide bonds. The van der Waals surface area contributed by atoms with Gasteiger partial charge in [-0.05, 0) is 37.3 Å². The molecule has 0 radical (unpaired) electrons. The van der Waals surface area contributed by atoms with Crippen molar-refractivity contribution in [3.63, 3.8) is 0 Å². The van der Waals surface area contributed by atoms with Crippen LogP contribution >= 0.6 is 0 Å². The van der Waals surface area contributed by atoms with Crippen LogP contribution in [-0.4, -0.2) is 42.6 Å². The van der Waals surface area contributed by atoms with Crippen LogP contribution in [0.1, 0.15) is 17.3 Å². The number of benzene rings is 2. The SMILES string of the molecule is C[C@@H]1C(=O)N(c2ccc3c(c2)OCO3)CCN1C(=O)c1cccc(F)c1. The molecule has 0 aliphatic carbocycles. The molecule has 0 unspecified atom stereocenters. The Morgan fingerprint density at radius 1 is 1.12 bits per heavy atom. The van der Waals surface area contributed by atoms with Gasteiger partial charge in [-0.15, -0.1) is 0 Å². The zero-order chi connectivity index (χ0) is 18.3. The lowest BCUT2D eigenvalue weighted by Crippen LogP contribution is -2.57. The third kappa shape index (κ3) is 2.75. The van der Waals surface area contributed by atoms with E-state index in [1.165, 1.54) is 23.1 Å². The van der Waals surface area contributed by atoms with E-state index >= 15 is 0 Å². The Morgan fingerprint density at radius 2 is 1.92 bits per heavy atom. The van der Waals surface area contributed by atoms with Gasteiger partial charge >= 0.3 is 0 Å². The molecule has 7 heteroatoms. The smallest absolute Gasteiger partial charge is 0.254 e. The summed E-state index contributed by atoms with van der Waals surface area (Å²) in [6.45, 7) is 2.55. The summed E-state index contributed by atoms with van der Waals surface area (Å²) in [6, 6.07) is 10.2. The number of carbonyl (C=O) groups is 2. The Kier molecular flexibility index (Phi) is 3.99. The highest BCUT2D eigenvalue weighted by Gasteiger charge is 2.35. The normalized spacial score (nSPS) is 19.0. The standard InChI is InChI=1S/C19H17FN2O4/c1-12-18(23)22(15-5-6-16-17(10-15)26-11-25-16)8-7-21(12)19(24)13-3-2-4-14(20)9-13/h2-6,9-10,12H,7-8,11H2,1H3/t12-/m1/s1. The molecule has 2 aromatic carbocycles. The van der Waals surface area contributed by atoms with Crippen LogP contribution in [0.3, 0.4) is 0 Å². The zero-order valence-electron chi connectivity index (χ0n) is 14.1. The number of rotatable bonds is 2. The van der Waals surface area contributed by atoms with Crippen LogP contribution < -0.4 is 14.4 Å². The number of amides is 2. The Balaban J connectivity index is 1.54. The van der Waals surface area contributed by atoms with Crippen molar-refractivity contribution in [1.29, 1.82) is 0 Å². The minimum Gasteiger partial charge on any atom is -0.454 e. The van der Waals surface area contributed by atoms with E-state index in [0.717, 1.165) is 0 Å². The number of hydrogen-bond donors (Lipinski definition) is 0. The van der Waals surface area contributed by atoms with E-state index in [2.05, 4.69) is 0 Å². The molecule has 6 nitrogen and oxygen atoms in total. The minimum atomic E-state index is -0.648. The quantitative estimate of drug-likeness (QED) is 0.829. The van der Waals surface area contributed by atoms with Gasteiger partial charge < -0.3 is 19.3 Å². The monoisotopic (exact) mass is 356 g/mol. The predicted octanol–water partition coefficient (Wildman–Crippen LogP) is 2.43. The molecule has 2 heterocycles. The second-order valence-corrected chi connectivity index (χ2v) is 6.21. The molecule has 2 aliphatic heterocycles. The molecule has 0 spiro atoms. The summed E-state index contributed by atoms with van der Waals surface area (Å²) in [6.07, 6.45) is 0. The van der Waals surface area contributed by atoms with Gasteiger partial charge in [0.2, 0.25) is 12.7 Å². The Hall–Kier alpha value is -3.09. The molecule has 0 aromatic heterocycles. The number of hydrogen-bond acceptors (Lipinski definition) is 4. The number of piperazine rings is 1. The van der Waals surface area contributed by atoms with E-state index in [4.69, 9.17) is 9.47 Å². The number of anilines is 1. The van der Waals surface area contributed by atoms with E-state index in [0.29, 0.717) is 30.3 Å². The summed E-state index contributed by atoms with van der Waals surface area (Å²) >= 11 is 0. The lowest BCUT2D eigenvalue weighted by Gasteiger charge is -2.39. The van der Waals surface area contributed by atoms with Gasteiger partial charge in [0.1, 0.15) is 11.9 Å². The van der Waals surface area contributed by atoms with Gasteiger partial charge in [0.05, 0.1) is 0 Å². The topological polar surface area (TPSA) is 59.1 Å². The molecular formula is C19H17FN2O4. The molecule has 26 heavy (non-hydrogen) atoms. The van der Waals surface area contributed by atoms with Crippen molar-refractivity contribution in [2.24, 2.45) is 0 Å². The summed E-state index contributed by atoms with van der Waals surface area (Å²) in [4.78, 5) is 28.6. The van der Waals surface area contributed by atoms with Crippen LogP contribution in [0.5, 0.6) is 11.5 Å². The summed E-state index contributed by atoms with van der Waals surface area (Å²) in [5.74, 6) is 0.222. The predicted molar refractivity (Wildman–Crippen MR) is 91.8 cm³/mol. The molecule has 0 bridgehead atoms. The number of carbonyl (C=O) groups excluding carboxylic acids is 2. The van der Waals surface area contributed by atoms with E-state index in [1.807, 2.05) is 0 Å². The van der Waals surface area contributed by atoms with Crippen LogP contribution in [0.4, 0.5) is 10.1 Å². The van der Waals surface area contributed by atoms with Crippen LogP contribution in [0.15, 0.2) is 42.5 Å². The molecule has 0 saturated carbocycles. The molecule has 134 valence electrons. The van der Waals surface area contributed by atoms with Crippen molar-refractivity contribution < 1.29 is 23.5 Å². The Morgan fingerprint density at radius 3 is 2.73 bits per heavy atom. The highest BCUT2D eigenvalue weighted by molar-refractivity contribution is 6.03. The average Bonchev–Trinajstić information content (AvgIpc) is 3.11. The number of fused-ring (bicyclic) bond motifs is 1. The van der Waals surface area contributed by atoms with E-state index in [1.54, 1.807) is 36.1 Å². The van der Waals surface area contributed by atoms with Crippen molar-refractivity contribution in [3.05, 3.63) is 53.8 Å².